The van der Waals surface area contributed by atoms with E-state index in [1.807, 2.05) is 0 Å². The van der Waals surface area contributed by atoms with Crippen molar-refractivity contribution in [3.05, 3.63) is 42.4 Å². The first-order chi connectivity index (χ1) is 11.6. The molecule has 0 aromatic carbocycles. The normalized spacial score (nSPS) is 9.20. The van der Waals surface area contributed by atoms with Crippen LogP contribution in [0, 0.1) is 25.6 Å². The fourth-order valence-corrected chi connectivity index (χ4v) is 1.51. The minimum absolute atomic E-state index is 0.934. The quantitative estimate of drug-likeness (QED) is 0.354. The highest BCUT2D eigenvalue weighted by Gasteiger charge is 2.43. The third-order valence-corrected chi connectivity index (χ3v) is 2.92. The monoisotopic (exact) mass is 358 g/mol. The molecule has 0 radical (unpaired) electrons. The van der Waals surface area contributed by atoms with Gasteiger partial charge in [0.1, 0.15) is 0 Å². The molecule has 0 aliphatic carbocycles. The van der Waals surface area contributed by atoms with E-state index in [9.17, 15) is 20.2 Å². The third kappa shape index (κ3) is 12.7. The van der Waals surface area contributed by atoms with Gasteiger partial charge in [0.05, 0.1) is 36.0 Å². The van der Waals surface area contributed by atoms with Crippen molar-refractivity contribution in [2.75, 3.05) is 26.2 Å². The SMILES string of the molecule is CC(C)(C(=C=[N-])[N+](=O)[O-])C(=C=[N-])[N+](=O)[O-].CC[NH2+]CC.CC[NH2+]CC. The molecule has 0 aromatic rings. The Morgan fingerprint density at radius 3 is 1.16 bits per heavy atom. The van der Waals surface area contributed by atoms with Gasteiger partial charge in [0.2, 0.25) is 0 Å². The van der Waals surface area contributed by atoms with Gasteiger partial charge in [-0.3, -0.25) is 20.2 Å². The van der Waals surface area contributed by atoms with Gasteiger partial charge in [-0.05, 0) is 41.5 Å². The molecule has 0 atom stereocenters. The molecule has 10 nitrogen and oxygen atoms in total. The molecule has 0 saturated heterocycles. The summed E-state index contributed by atoms with van der Waals surface area (Å²) in [6.07, 6.45) is 0. The van der Waals surface area contributed by atoms with Crippen LogP contribution in [0.1, 0.15) is 41.5 Å². The number of hydrogen-bond acceptors (Lipinski definition) is 4. The predicted octanol–water partition coefficient (Wildman–Crippen LogP) is -0.00880. The summed E-state index contributed by atoms with van der Waals surface area (Å²) in [4.78, 5) is 18.8. The maximum atomic E-state index is 10.4. The molecule has 0 amide bonds. The van der Waals surface area contributed by atoms with Gasteiger partial charge in [-0.1, -0.05) is 0 Å². The Morgan fingerprint density at radius 1 is 0.840 bits per heavy atom. The number of rotatable bonds is 8. The van der Waals surface area contributed by atoms with Crippen LogP contribution in [0.4, 0.5) is 0 Å². The lowest BCUT2D eigenvalue weighted by Gasteiger charge is -2.16. The Labute approximate surface area is 148 Å². The van der Waals surface area contributed by atoms with E-state index >= 15 is 0 Å². The van der Waals surface area contributed by atoms with Crippen molar-refractivity contribution >= 4 is 11.7 Å². The van der Waals surface area contributed by atoms with E-state index in [4.69, 9.17) is 10.8 Å². The van der Waals surface area contributed by atoms with Crippen molar-refractivity contribution in [2.24, 2.45) is 5.41 Å². The van der Waals surface area contributed by atoms with Crippen molar-refractivity contribution in [3.8, 4) is 0 Å². The topological polar surface area (TPSA) is 164 Å². The molecule has 0 spiro atoms. The van der Waals surface area contributed by atoms with Crippen LogP contribution in [-0.2, 0) is 0 Å². The van der Waals surface area contributed by atoms with E-state index in [1.54, 1.807) is 0 Å². The van der Waals surface area contributed by atoms with Crippen LogP contribution in [0.2, 0.25) is 0 Å². The summed E-state index contributed by atoms with van der Waals surface area (Å²) in [6.45, 7) is 15.7. The van der Waals surface area contributed by atoms with E-state index in [2.05, 4.69) is 38.3 Å². The van der Waals surface area contributed by atoms with Crippen molar-refractivity contribution < 1.29 is 20.5 Å². The van der Waals surface area contributed by atoms with Crippen molar-refractivity contribution in [2.45, 2.75) is 41.5 Å². The molecular formula is C15H30N6O4. The molecule has 0 saturated carbocycles. The summed E-state index contributed by atoms with van der Waals surface area (Å²) in [5.41, 5.74) is -3.68. The molecule has 144 valence electrons. The van der Waals surface area contributed by atoms with Gasteiger partial charge in [0, 0.05) is 0 Å². The molecule has 0 fully saturated rings. The molecule has 0 heterocycles. The summed E-state index contributed by atoms with van der Waals surface area (Å²) in [6, 6.07) is 0. The highest BCUT2D eigenvalue weighted by molar-refractivity contribution is 5.66. The molecule has 10 heteroatoms. The van der Waals surface area contributed by atoms with E-state index in [-0.39, 0.29) is 0 Å². The number of nitrogens with two attached hydrogens (primary N) is 2. The van der Waals surface area contributed by atoms with Crippen molar-refractivity contribution in [3.63, 3.8) is 0 Å². The zero-order valence-electron chi connectivity index (χ0n) is 15.9. The smallest absolute Gasteiger partial charge is 0.282 e. The maximum Gasteiger partial charge on any atom is 0.282 e. The molecule has 25 heavy (non-hydrogen) atoms. The highest BCUT2D eigenvalue weighted by atomic mass is 16.6. The molecule has 0 bridgehead atoms. The fourth-order valence-electron chi connectivity index (χ4n) is 1.51. The van der Waals surface area contributed by atoms with E-state index in [0.717, 1.165) is 13.8 Å². The lowest BCUT2D eigenvalue weighted by molar-refractivity contribution is -0.648. The maximum absolute atomic E-state index is 10.4. The largest absolute Gasteiger partial charge is 0.758 e. The molecular weight excluding hydrogens is 328 g/mol. The minimum atomic E-state index is -1.81. The second-order valence-corrected chi connectivity index (χ2v) is 5.27. The van der Waals surface area contributed by atoms with Crippen LogP contribution in [0.25, 0.3) is 10.8 Å². The first-order valence-electron chi connectivity index (χ1n) is 8.09. The number of nitrogens with zero attached hydrogens (tertiary/aromatic N) is 4. The number of nitro groups is 2. The molecule has 0 unspecified atom stereocenters. The van der Waals surface area contributed by atoms with Gasteiger partial charge in [-0.15, -0.1) is 0 Å². The molecule has 0 aromatic heterocycles. The minimum Gasteiger partial charge on any atom is -0.758 e. The second kappa shape index (κ2) is 16.5. The Morgan fingerprint density at radius 2 is 1.08 bits per heavy atom. The fraction of sp³-hybridized carbons (Fsp3) is 0.733. The van der Waals surface area contributed by atoms with Crippen LogP contribution in [-0.4, -0.2) is 47.8 Å². The van der Waals surface area contributed by atoms with Gasteiger partial charge in [0.25, 0.3) is 11.4 Å². The Hall–Kier alpha value is -2.38. The zero-order chi connectivity index (χ0) is 20.5. The van der Waals surface area contributed by atoms with E-state index in [1.165, 1.54) is 37.9 Å². The Bertz CT molecular complexity index is 458. The van der Waals surface area contributed by atoms with Gasteiger partial charge in [0.15, 0.2) is 5.41 Å². The molecule has 0 aliphatic rings. The molecule has 0 rings (SSSR count). The summed E-state index contributed by atoms with van der Waals surface area (Å²) in [5.74, 6) is 2.51. The zero-order valence-corrected chi connectivity index (χ0v) is 15.9. The lowest BCUT2D eigenvalue weighted by atomic mass is 9.86. The van der Waals surface area contributed by atoms with Gasteiger partial charge < -0.3 is 21.5 Å². The van der Waals surface area contributed by atoms with Crippen LogP contribution >= 0.6 is 0 Å². The summed E-state index contributed by atoms with van der Waals surface area (Å²) in [5, 5.41) is 42.3. The van der Waals surface area contributed by atoms with Gasteiger partial charge >= 0.3 is 0 Å². The van der Waals surface area contributed by atoms with Crippen LogP contribution in [0.3, 0.4) is 0 Å². The summed E-state index contributed by atoms with van der Waals surface area (Å²) < 4.78 is 0. The second-order valence-electron chi connectivity index (χ2n) is 5.27. The first kappa shape index (κ1) is 27.5. The van der Waals surface area contributed by atoms with E-state index in [0.29, 0.717) is 0 Å². The predicted molar refractivity (Wildman–Crippen MR) is 97.5 cm³/mol. The van der Waals surface area contributed by atoms with Crippen molar-refractivity contribution in [1.29, 1.82) is 0 Å². The molecule has 0 aliphatic heterocycles. The standard InChI is InChI=1S/C7H6N4O4.2C4H11N/c1-7(2,5(3-8)10(12)13)6(4-9)11(14)15;2*1-3-5-4-2/h1-2H3;2*5H,3-4H2,1-2H3/q-2;;/p+2. The summed E-state index contributed by atoms with van der Waals surface area (Å²) >= 11 is 0. The number of quaternary nitrogens is 2. The Balaban J connectivity index is -0.000000396. The van der Waals surface area contributed by atoms with E-state index < -0.39 is 26.7 Å². The Kier molecular flexibility index (Phi) is 18.1. The van der Waals surface area contributed by atoms with Gasteiger partial charge in [-0.25, -0.2) is 0 Å². The average Bonchev–Trinajstić information content (AvgIpc) is 2.50. The third-order valence-electron chi connectivity index (χ3n) is 2.92. The van der Waals surface area contributed by atoms with Crippen molar-refractivity contribution in [1.82, 2.24) is 0 Å². The van der Waals surface area contributed by atoms with Crippen LogP contribution in [0.5, 0.6) is 0 Å². The van der Waals surface area contributed by atoms with Gasteiger partial charge in [-0.2, -0.15) is 11.7 Å². The summed E-state index contributed by atoms with van der Waals surface area (Å²) in [7, 11) is 0. The van der Waals surface area contributed by atoms with Crippen LogP contribution < -0.4 is 10.6 Å². The van der Waals surface area contributed by atoms with Crippen LogP contribution in [0.15, 0.2) is 11.4 Å². The first-order valence-corrected chi connectivity index (χ1v) is 8.09. The average molecular weight is 358 g/mol. The lowest BCUT2D eigenvalue weighted by Crippen LogP contribution is -2.82. The number of hydrogen-bond donors (Lipinski definition) is 2. The highest BCUT2D eigenvalue weighted by Crippen LogP contribution is 2.32. The molecule has 4 N–H and O–H groups in total.